The monoisotopic (exact) mass is 258 g/mol. The van der Waals surface area contributed by atoms with Crippen LogP contribution in [0.2, 0.25) is 0 Å². The van der Waals surface area contributed by atoms with Crippen LogP contribution in [0.4, 0.5) is 0 Å². The number of nitrogens with zero attached hydrogens (tertiary/aromatic N) is 1. The molecule has 0 radical (unpaired) electrons. The first-order valence-electron chi connectivity index (χ1n) is 5.66. The molecule has 0 aliphatic carbocycles. The zero-order valence-electron chi connectivity index (χ0n) is 10.4. The second-order valence-electron chi connectivity index (χ2n) is 4.03. The van der Waals surface area contributed by atoms with Gasteiger partial charge in [-0.1, -0.05) is 6.07 Å². The SMILES string of the molecule is CSCCN(C)C(C)CNCc1cccs1. The van der Waals surface area contributed by atoms with Crippen molar-refractivity contribution in [2.75, 3.05) is 32.1 Å². The molecular weight excluding hydrogens is 236 g/mol. The first-order chi connectivity index (χ1) is 7.74. The third-order valence-electron chi connectivity index (χ3n) is 2.72. The Bertz CT molecular complexity index is 262. The fourth-order valence-corrected chi connectivity index (χ4v) is 2.57. The summed E-state index contributed by atoms with van der Waals surface area (Å²) >= 11 is 3.73. The molecule has 0 amide bonds. The lowest BCUT2D eigenvalue weighted by atomic mass is 10.3. The highest BCUT2D eigenvalue weighted by atomic mass is 32.2. The van der Waals surface area contributed by atoms with Gasteiger partial charge in [0.15, 0.2) is 0 Å². The molecule has 0 fully saturated rings. The molecule has 0 saturated carbocycles. The van der Waals surface area contributed by atoms with Crippen molar-refractivity contribution in [1.29, 1.82) is 0 Å². The van der Waals surface area contributed by atoms with E-state index in [9.17, 15) is 0 Å². The van der Waals surface area contributed by atoms with Gasteiger partial charge in [0.1, 0.15) is 0 Å². The van der Waals surface area contributed by atoms with Crippen LogP contribution >= 0.6 is 23.1 Å². The molecule has 92 valence electrons. The minimum Gasteiger partial charge on any atom is -0.310 e. The van der Waals surface area contributed by atoms with Gasteiger partial charge in [-0.15, -0.1) is 11.3 Å². The molecule has 0 aliphatic rings. The molecule has 4 heteroatoms. The smallest absolute Gasteiger partial charge is 0.0300 e. The van der Waals surface area contributed by atoms with Gasteiger partial charge in [0.2, 0.25) is 0 Å². The molecule has 1 aromatic rings. The third kappa shape index (κ3) is 5.34. The van der Waals surface area contributed by atoms with Gasteiger partial charge in [-0.2, -0.15) is 11.8 Å². The number of thiophene rings is 1. The summed E-state index contributed by atoms with van der Waals surface area (Å²) in [5.41, 5.74) is 0. The van der Waals surface area contributed by atoms with Crippen molar-refractivity contribution in [2.45, 2.75) is 19.5 Å². The minimum absolute atomic E-state index is 0.604. The van der Waals surface area contributed by atoms with Crippen LogP contribution in [0, 0.1) is 0 Å². The van der Waals surface area contributed by atoms with Crippen molar-refractivity contribution in [2.24, 2.45) is 0 Å². The van der Waals surface area contributed by atoms with Crippen molar-refractivity contribution >= 4 is 23.1 Å². The predicted molar refractivity (Wildman–Crippen MR) is 76.5 cm³/mol. The predicted octanol–water partition coefficient (Wildman–Crippen LogP) is 2.52. The molecule has 0 saturated heterocycles. The molecule has 1 N–H and O–H groups in total. The van der Waals surface area contributed by atoms with Crippen molar-refractivity contribution in [3.63, 3.8) is 0 Å². The average Bonchev–Trinajstić information content (AvgIpc) is 2.78. The van der Waals surface area contributed by atoms with E-state index in [1.807, 2.05) is 23.1 Å². The van der Waals surface area contributed by atoms with Crippen LogP contribution in [-0.4, -0.2) is 43.1 Å². The van der Waals surface area contributed by atoms with Gasteiger partial charge >= 0.3 is 0 Å². The van der Waals surface area contributed by atoms with E-state index < -0.39 is 0 Å². The van der Waals surface area contributed by atoms with Gasteiger partial charge in [0.05, 0.1) is 0 Å². The molecule has 0 spiro atoms. The Balaban J connectivity index is 2.11. The zero-order chi connectivity index (χ0) is 11.8. The number of rotatable bonds is 8. The summed E-state index contributed by atoms with van der Waals surface area (Å²) in [6.45, 7) is 5.51. The van der Waals surface area contributed by atoms with Gasteiger partial charge in [0, 0.05) is 36.3 Å². The summed E-state index contributed by atoms with van der Waals surface area (Å²) in [7, 11) is 2.20. The maximum atomic E-state index is 3.51. The van der Waals surface area contributed by atoms with Crippen LogP contribution in [0.15, 0.2) is 17.5 Å². The Labute approximate surface area is 107 Å². The van der Waals surface area contributed by atoms with Crippen LogP contribution in [-0.2, 0) is 6.54 Å². The molecule has 16 heavy (non-hydrogen) atoms. The fraction of sp³-hybridized carbons (Fsp3) is 0.667. The molecule has 1 aromatic heterocycles. The van der Waals surface area contributed by atoms with E-state index in [4.69, 9.17) is 0 Å². The molecule has 0 aliphatic heterocycles. The van der Waals surface area contributed by atoms with E-state index in [0.717, 1.165) is 13.1 Å². The van der Waals surface area contributed by atoms with Crippen LogP contribution < -0.4 is 5.32 Å². The third-order valence-corrected chi connectivity index (χ3v) is 4.19. The Morgan fingerprint density at radius 2 is 2.38 bits per heavy atom. The molecular formula is C12H22N2S2. The average molecular weight is 258 g/mol. The van der Waals surface area contributed by atoms with Gasteiger partial charge in [0.25, 0.3) is 0 Å². The van der Waals surface area contributed by atoms with Crippen LogP contribution in [0.5, 0.6) is 0 Å². The van der Waals surface area contributed by atoms with Gasteiger partial charge < -0.3 is 10.2 Å². The number of likely N-dealkylation sites (N-methyl/N-ethyl adjacent to an activating group) is 1. The number of hydrogen-bond donors (Lipinski definition) is 1. The number of hydrogen-bond acceptors (Lipinski definition) is 4. The summed E-state index contributed by atoms with van der Waals surface area (Å²) in [4.78, 5) is 3.83. The normalized spacial score (nSPS) is 13.2. The lowest BCUT2D eigenvalue weighted by molar-refractivity contribution is 0.265. The fourth-order valence-electron chi connectivity index (χ4n) is 1.43. The standard InChI is InChI=1S/C12H22N2S2/c1-11(14(2)6-8-15-3)9-13-10-12-5-4-7-16-12/h4-5,7,11,13H,6,8-10H2,1-3H3. The summed E-state index contributed by atoms with van der Waals surface area (Å²) in [5, 5.41) is 5.64. The molecule has 1 rings (SSSR count). The van der Waals surface area contributed by atoms with E-state index in [2.05, 4.69) is 48.0 Å². The highest BCUT2D eigenvalue weighted by Crippen LogP contribution is 2.07. The second-order valence-corrected chi connectivity index (χ2v) is 6.05. The summed E-state index contributed by atoms with van der Waals surface area (Å²) in [6.07, 6.45) is 2.16. The van der Waals surface area contributed by atoms with Gasteiger partial charge in [-0.3, -0.25) is 0 Å². The van der Waals surface area contributed by atoms with E-state index >= 15 is 0 Å². The van der Waals surface area contributed by atoms with Crippen LogP contribution in [0.25, 0.3) is 0 Å². The topological polar surface area (TPSA) is 15.3 Å². The maximum Gasteiger partial charge on any atom is 0.0300 e. The Morgan fingerprint density at radius 1 is 1.56 bits per heavy atom. The maximum absolute atomic E-state index is 3.51. The first kappa shape index (κ1) is 14.0. The van der Waals surface area contributed by atoms with Crippen LogP contribution in [0.3, 0.4) is 0 Å². The summed E-state index contributed by atoms with van der Waals surface area (Å²) in [5.74, 6) is 1.21. The van der Waals surface area contributed by atoms with Crippen molar-refractivity contribution in [1.82, 2.24) is 10.2 Å². The molecule has 1 heterocycles. The number of nitrogens with one attached hydrogen (secondary N) is 1. The Hall–Kier alpha value is -0.0300. The zero-order valence-corrected chi connectivity index (χ0v) is 12.0. The first-order valence-corrected chi connectivity index (χ1v) is 7.93. The highest BCUT2D eigenvalue weighted by Gasteiger charge is 2.07. The number of thioether (sulfide) groups is 1. The summed E-state index contributed by atoms with van der Waals surface area (Å²) < 4.78 is 0. The largest absolute Gasteiger partial charge is 0.310 e. The van der Waals surface area contributed by atoms with E-state index in [1.165, 1.54) is 17.2 Å². The van der Waals surface area contributed by atoms with Gasteiger partial charge in [-0.05, 0) is 31.7 Å². The van der Waals surface area contributed by atoms with Gasteiger partial charge in [-0.25, -0.2) is 0 Å². The quantitative estimate of drug-likeness (QED) is 0.771. The lowest BCUT2D eigenvalue weighted by Gasteiger charge is -2.24. The van der Waals surface area contributed by atoms with Crippen LogP contribution in [0.1, 0.15) is 11.8 Å². The van der Waals surface area contributed by atoms with Crippen molar-refractivity contribution < 1.29 is 0 Å². The lowest BCUT2D eigenvalue weighted by Crippen LogP contribution is -2.38. The minimum atomic E-state index is 0.604. The highest BCUT2D eigenvalue weighted by molar-refractivity contribution is 7.98. The van der Waals surface area contributed by atoms with E-state index in [0.29, 0.717) is 6.04 Å². The molecule has 1 atom stereocenters. The van der Waals surface area contributed by atoms with E-state index in [1.54, 1.807) is 0 Å². The molecule has 0 aromatic carbocycles. The summed E-state index contributed by atoms with van der Waals surface area (Å²) in [6, 6.07) is 4.89. The molecule has 2 nitrogen and oxygen atoms in total. The van der Waals surface area contributed by atoms with Crippen molar-refractivity contribution in [3.8, 4) is 0 Å². The Morgan fingerprint density at radius 3 is 3.00 bits per heavy atom. The second kappa shape index (κ2) is 8.12. The molecule has 0 bridgehead atoms. The van der Waals surface area contributed by atoms with E-state index in [-0.39, 0.29) is 0 Å². The molecule has 1 unspecified atom stereocenters. The Kier molecular flexibility index (Phi) is 7.12. The van der Waals surface area contributed by atoms with Crippen molar-refractivity contribution in [3.05, 3.63) is 22.4 Å².